The number of hydrogen-bond acceptors (Lipinski definition) is 5. The molecule has 3 rings (SSSR count). The Balaban J connectivity index is 1.53. The van der Waals surface area contributed by atoms with Gasteiger partial charge in [0.2, 0.25) is 0 Å². The van der Waals surface area contributed by atoms with Crippen LogP contribution in [0, 0.1) is 5.82 Å². The van der Waals surface area contributed by atoms with Gasteiger partial charge < -0.3 is 19.6 Å². The first-order chi connectivity index (χ1) is 14.2. The van der Waals surface area contributed by atoms with Crippen molar-refractivity contribution in [3.63, 3.8) is 0 Å². The highest BCUT2D eigenvalue weighted by Gasteiger charge is 2.04. The summed E-state index contributed by atoms with van der Waals surface area (Å²) in [6.07, 6.45) is 1.73. The average Bonchev–Trinajstić information content (AvgIpc) is 2.76. The lowest BCUT2D eigenvalue weighted by Crippen LogP contribution is -2.06. The molecule has 0 bridgehead atoms. The summed E-state index contributed by atoms with van der Waals surface area (Å²) in [6.45, 7) is 0.927. The number of methoxy groups -OCH3 is 2. The van der Waals surface area contributed by atoms with Crippen molar-refractivity contribution in [2.24, 2.45) is 5.10 Å². The Hall–Kier alpha value is -3.54. The van der Waals surface area contributed by atoms with Crippen LogP contribution in [0.1, 0.15) is 16.7 Å². The highest BCUT2D eigenvalue weighted by Crippen LogP contribution is 2.27. The Morgan fingerprint density at radius 3 is 2.41 bits per heavy atom. The third-order valence-corrected chi connectivity index (χ3v) is 4.21. The Kier molecular flexibility index (Phi) is 7.05. The zero-order chi connectivity index (χ0) is 20.5. The molecular weight excluding hydrogens is 371 g/mol. The van der Waals surface area contributed by atoms with Crippen molar-refractivity contribution in [3.05, 3.63) is 89.2 Å². The predicted octanol–water partition coefficient (Wildman–Crippen LogP) is 4.55. The molecule has 1 N–H and O–H groups in total. The van der Waals surface area contributed by atoms with Crippen molar-refractivity contribution in [1.29, 1.82) is 0 Å². The molecule has 6 heteroatoms. The normalized spacial score (nSPS) is 10.7. The van der Waals surface area contributed by atoms with Crippen LogP contribution in [0.25, 0.3) is 0 Å². The van der Waals surface area contributed by atoms with E-state index in [0.717, 1.165) is 22.4 Å². The fourth-order valence-corrected chi connectivity index (χ4v) is 2.68. The highest BCUT2D eigenvalue weighted by atomic mass is 19.1. The molecule has 5 nitrogen and oxygen atoms in total. The molecule has 0 aliphatic heterocycles. The average molecular weight is 394 g/mol. The van der Waals surface area contributed by atoms with Gasteiger partial charge in [-0.1, -0.05) is 30.3 Å². The standard InChI is InChI=1S/C23H23FN2O3/c1-27-22-11-8-19(13-23(22)28-2)15-26-25-14-18-4-3-5-21(12-18)29-16-17-6-9-20(24)10-7-17/h3-14,26H,15-16H2,1-2H3/b25-14-. The minimum atomic E-state index is -0.257. The molecule has 0 amide bonds. The Morgan fingerprint density at radius 1 is 0.897 bits per heavy atom. The van der Waals surface area contributed by atoms with Gasteiger partial charge in [-0.15, -0.1) is 0 Å². The first-order valence-corrected chi connectivity index (χ1v) is 9.12. The van der Waals surface area contributed by atoms with Gasteiger partial charge in [0, 0.05) is 0 Å². The SMILES string of the molecule is COc1ccc(CN/N=C\c2cccc(OCc3ccc(F)cc3)c2)cc1OC. The second kappa shape index (κ2) is 10.1. The van der Waals surface area contributed by atoms with Crippen molar-refractivity contribution in [2.45, 2.75) is 13.2 Å². The van der Waals surface area contributed by atoms with Gasteiger partial charge in [-0.25, -0.2) is 4.39 Å². The van der Waals surface area contributed by atoms with Crippen molar-refractivity contribution in [1.82, 2.24) is 5.43 Å². The van der Waals surface area contributed by atoms with Crippen LogP contribution >= 0.6 is 0 Å². The van der Waals surface area contributed by atoms with Gasteiger partial charge in [-0.3, -0.25) is 0 Å². The third-order valence-electron chi connectivity index (χ3n) is 4.21. The van der Waals surface area contributed by atoms with Gasteiger partial charge in [-0.2, -0.15) is 5.10 Å². The highest BCUT2D eigenvalue weighted by molar-refractivity contribution is 5.79. The van der Waals surface area contributed by atoms with Crippen molar-refractivity contribution in [3.8, 4) is 17.2 Å². The van der Waals surface area contributed by atoms with Gasteiger partial charge in [0.25, 0.3) is 0 Å². The number of ether oxygens (including phenoxy) is 3. The topological polar surface area (TPSA) is 52.1 Å². The van der Waals surface area contributed by atoms with Crippen LogP contribution in [-0.4, -0.2) is 20.4 Å². The maximum absolute atomic E-state index is 13.0. The number of rotatable bonds is 9. The van der Waals surface area contributed by atoms with Gasteiger partial charge in [-0.05, 0) is 53.1 Å². The molecule has 0 saturated carbocycles. The van der Waals surface area contributed by atoms with E-state index in [1.807, 2.05) is 42.5 Å². The molecule has 0 heterocycles. The summed E-state index contributed by atoms with van der Waals surface area (Å²) in [5, 5.41) is 4.26. The monoisotopic (exact) mass is 394 g/mol. The molecular formula is C23H23FN2O3. The number of halogens is 1. The molecule has 0 aliphatic rings. The summed E-state index contributed by atoms with van der Waals surface area (Å²) in [4.78, 5) is 0. The molecule has 0 radical (unpaired) electrons. The Labute approximate surface area is 169 Å². The lowest BCUT2D eigenvalue weighted by molar-refractivity contribution is 0.306. The van der Waals surface area contributed by atoms with Crippen LogP contribution in [0.2, 0.25) is 0 Å². The molecule has 0 aliphatic carbocycles. The van der Waals surface area contributed by atoms with Crippen molar-refractivity contribution in [2.75, 3.05) is 14.2 Å². The molecule has 0 atom stereocenters. The molecule has 3 aromatic rings. The smallest absolute Gasteiger partial charge is 0.161 e. The molecule has 0 spiro atoms. The number of nitrogens with zero attached hydrogens (tertiary/aromatic N) is 1. The summed E-state index contributed by atoms with van der Waals surface area (Å²) >= 11 is 0. The Bertz CT molecular complexity index is 959. The van der Waals surface area contributed by atoms with Crippen LogP contribution in [0.3, 0.4) is 0 Å². The van der Waals surface area contributed by atoms with Crippen molar-refractivity contribution >= 4 is 6.21 Å². The van der Waals surface area contributed by atoms with Gasteiger partial charge in [0.15, 0.2) is 11.5 Å². The van der Waals surface area contributed by atoms with Crippen LogP contribution in [0.5, 0.6) is 17.2 Å². The molecule has 3 aromatic carbocycles. The summed E-state index contributed by atoms with van der Waals surface area (Å²) in [5.74, 6) is 1.84. The number of hydrogen-bond donors (Lipinski definition) is 1. The van der Waals surface area contributed by atoms with E-state index in [1.165, 1.54) is 12.1 Å². The predicted molar refractivity (Wildman–Crippen MR) is 111 cm³/mol. The Morgan fingerprint density at radius 2 is 1.66 bits per heavy atom. The molecule has 0 unspecified atom stereocenters. The molecule has 0 fully saturated rings. The summed E-state index contributed by atoms with van der Waals surface area (Å²) in [6, 6.07) is 19.6. The lowest BCUT2D eigenvalue weighted by atomic mass is 10.2. The van der Waals surface area contributed by atoms with Gasteiger partial charge in [0.05, 0.1) is 27.0 Å². The summed E-state index contributed by atoms with van der Waals surface area (Å²) in [7, 11) is 3.22. The summed E-state index contributed by atoms with van der Waals surface area (Å²) in [5.41, 5.74) is 5.85. The largest absolute Gasteiger partial charge is 0.493 e. The summed E-state index contributed by atoms with van der Waals surface area (Å²) < 4.78 is 29.3. The van der Waals surface area contributed by atoms with E-state index >= 15 is 0 Å². The van der Waals surface area contributed by atoms with E-state index in [2.05, 4.69) is 10.5 Å². The van der Waals surface area contributed by atoms with Crippen LogP contribution in [0.15, 0.2) is 71.8 Å². The van der Waals surface area contributed by atoms with Gasteiger partial charge in [0.1, 0.15) is 18.2 Å². The number of benzene rings is 3. The first-order valence-electron chi connectivity index (χ1n) is 9.12. The molecule has 0 aromatic heterocycles. The van der Waals surface area contributed by atoms with E-state index in [-0.39, 0.29) is 5.82 Å². The first kappa shape index (κ1) is 20.2. The van der Waals surface area contributed by atoms with Crippen LogP contribution in [0.4, 0.5) is 4.39 Å². The fourth-order valence-electron chi connectivity index (χ4n) is 2.68. The molecule has 0 saturated heterocycles. The second-order valence-electron chi connectivity index (χ2n) is 6.27. The molecule has 29 heavy (non-hydrogen) atoms. The van der Waals surface area contributed by atoms with E-state index in [1.54, 1.807) is 32.6 Å². The van der Waals surface area contributed by atoms with Gasteiger partial charge >= 0.3 is 0 Å². The zero-order valence-corrected chi connectivity index (χ0v) is 16.4. The van der Waals surface area contributed by atoms with Crippen LogP contribution in [-0.2, 0) is 13.2 Å². The molecule has 150 valence electrons. The van der Waals surface area contributed by atoms with Crippen molar-refractivity contribution < 1.29 is 18.6 Å². The zero-order valence-electron chi connectivity index (χ0n) is 16.4. The maximum atomic E-state index is 13.0. The maximum Gasteiger partial charge on any atom is 0.161 e. The number of nitrogens with one attached hydrogen (secondary N) is 1. The second-order valence-corrected chi connectivity index (χ2v) is 6.27. The van der Waals surface area contributed by atoms with Crippen LogP contribution < -0.4 is 19.6 Å². The van der Waals surface area contributed by atoms with E-state index in [4.69, 9.17) is 14.2 Å². The number of hydrazone groups is 1. The van der Waals surface area contributed by atoms with E-state index in [0.29, 0.717) is 24.7 Å². The van der Waals surface area contributed by atoms with E-state index < -0.39 is 0 Å². The fraction of sp³-hybridized carbons (Fsp3) is 0.174. The lowest BCUT2D eigenvalue weighted by Gasteiger charge is -2.09. The van der Waals surface area contributed by atoms with E-state index in [9.17, 15) is 4.39 Å². The minimum absolute atomic E-state index is 0.257. The third kappa shape index (κ3) is 5.97. The minimum Gasteiger partial charge on any atom is -0.493 e. The quantitative estimate of drug-likeness (QED) is 0.427.